The molecule has 0 aliphatic heterocycles. The second-order valence-corrected chi connectivity index (χ2v) is 6.70. The number of carbonyl (C=O) groups is 1. The van der Waals surface area contributed by atoms with Gasteiger partial charge in [0.05, 0.1) is 5.92 Å². The summed E-state index contributed by atoms with van der Waals surface area (Å²) in [6.45, 7) is 2.90. The van der Waals surface area contributed by atoms with Crippen LogP contribution in [0, 0.1) is 17.8 Å². The minimum absolute atomic E-state index is 0. The van der Waals surface area contributed by atoms with Gasteiger partial charge in [-0.2, -0.15) is 0 Å². The van der Waals surface area contributed by atoms with Crippen LogP contribution in [0.3, 0.4) is 0 Å². The van der Waals surface area contributed by atoms with Crippen molar-refractivity contribution in [3.8, 4) is 0 Å². The van der Waals surface area contributed by atoms with Crippen LogP contribution in [-0.2, 0) is 4.79 Å². The molecule has 3 rings (SSSR count). The summed E-state index contributed by atoms with van der Waals surface area (Å²) in [6.07, 6.45) is 4.60. The lowest BCUT2D eigenvalue weighted by Gasteiger charge is -2.28. The molecule has 0 heterocycles. The first-order chi connectivity index (χ1) is 10.2. The SMILES string of the molecule is CCC(CNC(=O)C1C2CCC(C2)C1N)c1ccccc1.Cl. The van der Waals surface area contributed by atoms with Crippen molar-refractivity contribution in [3.05, 3.63) is 35.9 Å². The van der Waals surface area contributed by atoms with Crippen LogP contribution in [0.15, 0.2) is 30.3 Å². The highest BCUT2D eigenvalue weighted by atomic mass is 35.5. The van der Waals surface area contributed by atoms with Gasteiger partial charge < -0.3 is 11.1 Å². The van der Waals surface area contributed by atoms with Gasteiger partial charge >= 0.3 is 0 Å². The maximum atomic E-state index is 12.5. The van der Waals surface area contributed by atoms with Gasteiger partial charge in [-0.05, 0) is 43.1 Å². The summed E-state index contributed by atoms with van der Waals surface area (Å²) >= 11 is 0. The Morgan fingerprint density at radius 2 is 1.95 bits per heavy atom. The highest BCUT2D eigenvalue weighted by molar-refractivity contribution is 5.85. The number of hydrogen-bond acceptors (Lipinski definition) is 2. The molecule has 1 aromatic carbocycles. The van der Waals surface area contributed by atoms with Crippen molar-refractivity contribution in [3.63, 3.8) is 0 Å². The highest BCUT2D eigenvalue weighted by Crippen LogP contribution is 2.47. The van der Waals surface area contributed by atoms with E-state index in [-0.39, 0.29) is 30.3 Å². The molecule has 2 saturated carbocycles. The Morgan fingerprint density at radius 3 is 2.55 bits per heavy atom. The van der Waals surface area contributed by atoms with Gasteiger partial charge in [-0.1, -0.05) is 37.3 Å². The molecule has 4 heteroatoms. The third kappa shape index (κ3) is 3.31. The molecule has 22 heavy (non-hydrogen) atoms. The third-order valence-electron chi connectivity index (χ3n) is 5.57. The summed E-state index contributed by atoms with van der Waals surface area (Å²) in [7, 11) is 0. The molecular weight excluding hydrogens is 296 g/mol. The summed E-state index contributed by atoms with van der Waals surface area (Å²) in [5.41, 5.74) is 7.56. The molecule has 122 valence electrons. The molecule has 0 radical (unpaired) electrons. The van der Waals surface area contributed by atoms with E-state index in [1.54, 1.807) is 0 Å². The molecule has 5 atom stereocenters. The molecule has 2 aliphatic rings. The zero-order valence-electron chi connectivity index (χ0n) is 13.2. The van der Waals surface area contributed by atoms with Crippen molar-refractivity contribution < 1.29 is 4.79 Å². The average molecular weight is 323 g/mol. The largest absolute Gasteiger partial charge is 0.355 e. The van der Waals surface area contributed by atoms with Crippen LogP contribution in [0.5, 0.6) is 0 Å². The van der Waals surface area contributed by atoms with Crippen LogP contribution in [0.4, 0.5) is 0 Å². The topological polar surface area (TPSA) is 55.1 Å². The zero-order chi connectivity index (χ0) is 14.8. The van der Waals surface area contributed by atoms with E-state index in [1.165, 1.54) is 18.4 Å². The second-order valence-electron chi connectivity index (χ2n) is 6.70. The van der Waals surface area contributed by atoms with Gasteiger partial charge in [0.25, 0.3) is 0 Å². The van der Waals surface area contributed by atoms with Gasteiger partial charge in [0.2, 0.25) is 5.91 Å². The van der Waals surface area contributed by atoms with Crippen LogP contribution in [0.1, 0.15) is 44.1 Å². The lowest BCUT2D eigenvalue weighted by molar-refractivity contribution is -0.127. The first kappa shape index (κ1) is 17.3. The van der Waals surface area contributed by atoms with E-state index < -0.39 is 0 Å². The first-order valence-corrected chi connectivity index (χ1v) is 8.29. The first-order valence-electron chi connectivity index (χ1n) is 8.29. The van der Waals surface area contributed by atoms with Crippen LogP contribution in [0.25, 0.3) is 0 Å². The van der Waals surface area contributed by atoms with Crippen molar-refractivity contribution >= 4 is 18.3 Å². The van der Waals surface area contributed by atoms with E-state index in [0.717, 1.165) is 19.4 Å². The maximum absolute atomic E-state index is 12.5. The quantitative estimate of drug-likeness (QED) is 0.875. The predicted molar refractivity (Wildman–Crippen MR) is 92.0 cm³/mol. The fourth-order valence-corrected chi connectivity index (χ4v) is 4.29. The van der Waals surface area contributed by atoms with Crippen molar-refractivity contribution in [1.29, 1.82) is 0 Å². The molecule has 2 bridgehead atoms. The molecule has 0 saturated heterocycles. The van der Waals surface area contributed by atoms with Gasteiger partial charge in [-0.15, -0.1) is 12.4 Å². The highest BCUT2D eigenvalue weighted by Gasteiger charge is 2.48. The Kier molecular flexibility index (Phi) is 5.87. The van der Waals surface area contributed by atoms with Gasteiger partial charge in [0.15, 0.2) is 0 Å². The number of nitrogens with two attached hydrogens (primary N) is 1. The summed E-state index contributed by atoms with van der Waals surface area (Å²) in [4.78, 5) is 12.5. The number of hydrogen-bond donors (Lipinski definition) is 2. The molecule has 2 fully saturated rings. The van der Waals surface area contributed by atoms with E-state index in [2.05, 4.69) is 36.5 Å². The van der Waals surface area contributed by atoms with E-state index >= 15 is 0 Å². The molecule has 3 nitrogen and oxygen atoms in total. The Balaban J connectivity index is 0.00000176. The molecule has 1 aromatic rings. The average Bonchev–Trinajstić information content (AvgIpc) is 3.09. The van der Waals surface area contributed by atoms with Crippen molar-refractivity contribution in [2.45, 2.75) is 44.6 Å². The number of amides is 1. The van der Waals surface area contributed by atoms with E-state index in [4.69, 9.17) is 5.73 Å². The summed E-state index contributed by atoms with van der Waals surface area (Å²) < 4.78 is 0. The number of rotatable bonds is 5. The normalized spacial score (nSPS) is 30.6. The second kappa shape index (κ2) is 7.47. The minimum Gasteiger partial charge on any atom is -0.355 e. The smallest absolute Gasteiger partial charge is 0.224 e. The predicted octanol–water partition coefficient (Wildman–Crippen LogP) is 3.09. The zero-order valence-corrected chi connectivity index (χ0v) is 14.0. The lowest BCUT2D eigenvalue weighted by atomic mass is 9.84. The fraction of sp³-hybridized carbons (Fsp3) is 0.611. The van der Waals surface area contributed by atoms with Crippen LogP contribution >= 0.6 is 12.4 Å². The summed E-state index contributed by atoms with van der Waals surface area (Å²) in [5, 5.41) is 3.17. The molecule has 5 unspecified atom stereocenters. The maximum Gasteiger partial charge on any atom is 0.224 e. The van der Waals surface area contributed by atoms with Crippen molar-refractivity contribution in [2.24, 2.45) is 23.5 Å². The Hall–Kier alpha value is -1.06. The number of halogens is 1. The Bertz CT molecular complexity index is 491. The Labute approximate surface area is 139 Å². The van der Waals surface area contributed by atoms with Crippen molar-refractivity contribution in [1.82, 2.24) is 5.32 Å². The van der Waals surface area contributed by atoms with Gasteiger partial charge in [0, 0.05) is 18.5 Å². The van der Waals surface area contributed by atoms with E-state index in [9.17, 15) is 4.79 Å². The molecule has 0 aromatic heterocycles. The number of fused-ring (bicyclic) bond motifs is 2. The number of carbonyl (C=O) groups excluding carboxylic acids is 1. The molecule has 1 amide bonds. The van der Waals surface area contributed by atoms with Gasteiger partial charge in [-0.3, -0.25) is 4.79 Å². The minimum atomic E-state index is 0. The van der Waals surface area contributed by atoms with Gasteiger partial charge in [-0.25, -0.2) is 0 Å². The fourth-order valence-electron chi connectivity index (χ4n) is 4.29. The number of nitrogens with one attached hydrogen (secondary N) is 1. The standard InChI is InChI=1S/C18H26N2O.ClH/c1-2-12(13-6-4-3-5-7-13)11-20-18(21)16-14-8-9-15(10-14)17(16)19;/h3-7,12,14-17H,2,8-11,19H2,1H3,(H,20,21);1H. The molecule has 3 N–H and O–H groups in total. The Morgan fingerprint density at radius 1 is 1.27 bits per heavy atom. The summed E-state index contributed by atoms with van der Waals surface area (Å²) in [6, 6.07) is 10.5. The van der Waals surface area contributed by atoms with Gasteiger partial charge in [0.1, 0.15) is 0 Å². The number of benzene rings is 1. The summed E-state index contributed by atoms with van der Waals surface area (Å²) in [5.74, 6) is 1.75. The van der Waals surface area contributed by atoms with Crippen LogP contribution in [0.2, 0.25) is 0 Å². The van der Waals surface area contributed by atoms with Crippen LogP contribution < -0.4 is 11.1 Å². The van der Waals surface area contributed by atoms with Crippen LogP contribution in [-0.4, -0.2) is 18.5 Å². The molecule has 0 spiro atoms. The third-order valence-corrected chi connectivity index (χ3v) is 5.57. The van der Waals surface area contributed by atoms with E-state index in [0.29, 0.717) is 17.8 Å². The molecule has 2 aliphatic carbocycles. The monoisotopic (exact) mass is 322 g/mol. The molecular formula is C18H27ClN2O. The van der Waals surface area contributed by atoms with E-state index in [1.807, 2.05) is 6.07 Å². The lowest BCUT2D eigenvalue weighted by Crippen LogP contribution is -2.46. The van der Waals surface area contributed by atoms with Crippen molar-refractivity contribution in [2.75, 3.05) is 6.54 Å².